The number of nitriles is 1. The molecule has 1 heterocycles. The van der Waals surface area contributed by atoms with Crippen LogP contribution in [0.5, 0.6) is 0 Å². The van der Waals surface area contributed by atoms with Crippen LogP contribution >= 0.6 is 11.3 Å². The Morgan fingerprint density at radius 2 is 1.87 bits per heavy atom. The standard InChI is InChI=1S/C19H14N2OS/c20-11-14-5-7-15(8-6-14)19(22)21-12-16-3-1-2-4-18(16)17-9-10-23-13-17/h1-10,13H,12H2,(H,21,22). The first-order valence-electron chi connectivity index (χ1n) is 7.17. The van der Waals surface area contributed by atoms with Gasteiger partial charge in [0.05, 0.1) is 11.6 Å². The Morgan fingerprint density at radius 3 is 2.57 bits per heavy atom. The van der Waals surface area contributed by atoms with Gasteiger partial charge in [0, 0.05) is 12.1 Å². The summed E-state index contributed by atoms with van der Waals surface area (Å²) in [4.78, 5) is 12.2. The van der Waals surface area contributed by atoms with Gasteiger partial charge >= 0.3 is 0 Å². The zero-order chi connectivity index (χ0) is 16.1. The molecule has 1 N–H and O–H groups in total. The van der Waals surface area contributed by atoms with E-state index < -0.39 is 0 Å². The van der Waals surface area contributed by atoms with E-state index in [1.165, 1.54) is 5.56 Å². The molecular formula is C19H14N2OS. The minimum atomic E-state index is -0.144. The molecule has 4 heteroatoms. The molecule has 112 valence electrons. The van der Waals surface area contributed by atoms with Crippen molar-refractivity contribution in [2.75, 3.05) is 0 Å². The van der Waals surface area contributed by atoms with E-state index in [4.69, 9.17) is 5.26 Å². The minimum Gasteiger partial charge on any atom is -0.348 e. The molecule has 0 radical (unpaired) electrons. The number of benzene rings is 2. The lowest BCUT2D eigenvalue weighted by Crippen LogP contribution is -2.23. The predicted molar refractivity (Wildman–Crippen MR) is 92.1 cm³/mol. The highest BCUT2D eigenvalue weighted by Crippen LogP contribution is 2.25. The van der Waals surface area contributed by atoms with E-state index in [0.29, 0.717) is 17.7 Å². The minimum absolute atomic E-state index is 0.144. The quantitative estimate of drug-likeness (QED) is 0.783. The number of nitrogens with zero attached hydrogens (tertiary/aromatic N) is 1. The van der Waals surface area contributed by atoms with Crippen molar-refractivity contribution in [2.45, 2.75) is 6.54 Å². The molecule has 0 aliphatic heterocycles. The maximum absolute atomic E-state index is 12.2. The molecule has 0 fully saturated rings. The summed E-state index contributed by atoms with van der Waals surface area (Å²) in [5.41, 5.74) is 4.47. The molecule has 0 atom stereocenters. The summed E-state index contributed by atoms with van der Waals surface area (Å²) in [6, 6.07) is 18.8. The Kier molecular flexibility index (Phi) is 4.51. The fourth-order valence-electron chi connectivity index (χ4n) is 2.35. The molecule has 0 unspecified atom stereocenters. The first-order valence-corrected chi connectivity index (χ1v) is 8.11. The van der Waals surface area contributed by atoms with Gasteiger partial charge in [-0.05, 0) is 57.8 Å². The maximum Gasteiger partial charge on any atom is 0.251 e. The third-order valence-electron chi connectivity index (χ3n) is 3.57. The van der Waals surface area contributed by atoms with E-state index >= 15 is 0 Å². The van der Waals surface area contributed by atoms with Crippen molar-refractivity contribution in [1.29, 1.82) is 5.26 Å². The molecule has 0 bridgehead atoms. The highest BCUT2D eigenvalue weighted by Gasteiger charge is 2.08. The van der Waals surface area contributed by atoms with Crippen molar-refractivity contribution < 1.29 is 4.79 Å². The van der Waals surface area contributed by atoms with Crippen LogP contribution in [0.4, 0.5) is 0 Å². The highest BCUT2D eigenvalue weighted by molar-refractivity contribution is 7.08. The van der Waals surface area contributed by atoms with Crippen LogP contribution in [0, 0.1) is 11.3 Å². The van der Waals surface area contributed by atoms with Crippen LogP contribution in [0.15, 0.2) is 65.4 Å². The maximum atomic E-state index is 12.2. The molecule has 0 aliphatic rings. The monoisotopic (exact) mass is 318 g/mol. The summed E-state index contributed by atoms with van der Waals surface area (Å²) in [6.45, 7) is 0.463. The summed E-state index contributed by atoms with van der Waals surface area (Å²) in [5, 5.41) is 15.9. The Balaban J connectivity index is 1.73. The lowest BCUT2D eigenvalue weighted by molar-refractivity contribution is 0.0951. The number of amides is 1. The van der Waals surface area contributed by atoms with Crippen LogP contribution in [0.2, 0.25) is 0 Å². The van der Waals surface area contributed by atoms with E-state index in [1.54, 1.807) is 35.6 Å². The highest BCUT2D eigenvalue weighted by atomic mass is 32.1. The van der Waals surface area contributed by atoms with E-state index in [0.717, 1.165) is 11.1 Å². The van der Waals surface area contributed by atoms with Crippen LogP contribution in [0.1, 0.15) is 21.5 Å². The van der Waals surface area contributed by atoms with Crippen LogP contribution in [-0.4, -0.2) is 5.91 Å². The number of carbonyl (C=O) groups excluding carboxylic acids is 1. The Hall–Kier alpha value is -2.90. The average Bonchev–Trinajstić information content (AvgIpc) is 3.14. The van der Waals surface area contributed by atoms with Gasteiger partial charge in [-0.25, -0.2) is 0 Å². The summed E-state index contributed by atoms with van der Waals surface area (Å²) < 4.78 is 0. The van der Waals surface area contributed by atoms with Gasteiger partial charge in [-0.1, -0.05) is 24.3 Å². The molecule has 0 saturated heterocycles. The Morgan fingerprint density at radius 1 is 1.09 bits per heavy atom. The van der Waals surface area contributed by atoms with E-state index in [1.807, 2.05) is 29.6 Å². The van der Waals surface area contributed by atoms with Crippen molar-refractivity contribution in [3.05, 3.63) is 82.0 Å². The van der Waals surface area contributed by atoms with E-state index in [9.17, 15) is 4.79 Å². The fourth-order valence-corrected chi connectivity index (χ4v) is 3.00. The van der Waals surface area contributed by atoms with Gasteiger partial charge in [0.1, 0.15) is 0 Å². The van der Waals surface area contributed by atoms with Crippen molar-refractivity contribution in [1.82, 2.24) is 5.32 Å². The van der Waals surface area contributed by atoms with Gasteiger partial charge in [0.15, 0.2) is 0 Å². The van der Waals surface area contributed by atoms with Crippen molar-refractivity contribution in [3.8, 4) is 17.2 Å². The van der Waals surface area contributed by atoms with Crippen LogP contribution < -0.4 is 5.32 Å². The molecule has 3 rings (SSSR count). The van der Waals surface area contributed by atoms with Gasteiger partial charge in [0.25, 0.3) is 5.91 Å². The first-order chi connectivity index (χ1) is 11.3. The van der Waals surface area contributed by atoms with Gasteiger partial charge in [-0.15, -0.1) is 0 Å². The van der Waals surface area contributed by atoms with Crippen LogP contribution in [0.25, 0.3) is 11.1 Å². The normalized spacial score (nSPS) is 10.0. The zero-order valence-electron chi connectivity index (χ0n) is 12.3. The topological polar surface area (TPSA) is 52.9 Å². The second kappa shape index (κ2) is 6.91. The molecule has 2 aromatic carbocycles. The molecule has 23 heavy (non-hydrogen) atoms. The second-order valence-electron chi connectivity index (χ2n) is 5.04. The SMILES string of the molecule is N#Cc1ccc(C(=O)NCc2ccccc2-c2ccsc2)cc1. The summed E-state index contributed by atoms with van der Waals surface area (Å²) >= 11 is 1.65. The zero-order valence-corrected chi connectivity index (χ0v) is 13.1. The van der Waals surface area contributed by atoms with Crippen molar-refractivity contribution in [2.24, 2.45) is 0 Å². The summed E-state index contributed by atoms with van der Waals surface area (Å²) in [5.74, 6) is -0.144. The molecule has 1 amide bonds. The van der Waals surface area contributed by atoms with Crippen molar-refractivity contribution >= 4 is 17.2 Å². The van der Waals surface area contributed by atoms with Crippen LogP contribution in [-0.2, 0) is 6.54 Å². The molecule has 0 spiro atoms. The molecule has 3 nitrogen and oxygen atoms in total. The largest absolute Gasteiger partial charge is 0.348 e. The second-order valence-corrected chi connectivity index (χ2v) is 5.82. The third-order valence-corrected chi connectivity index (χ3v) is 4.25. The van der Waals surface area contributed by atoms with E-state index in [2.05, 4.69) is 22.8 Å². The third kappa shape index (κ3) is 3.47. The van der Waals surface area contributed by atoms with Crippen molar-refractivity contribution in [3.63, 3.8) is 0 Å². The lowest BCUT2D eigenvalue weighted by atomic mass is 10.0. The number of nitrogens with one attached hydrogen (secondary N) is 1. The average molecular weight is 318 g/mol. The Labute approximate surface area is 138 Å². The fraction of sp³-hybridized carbons (Fsp3) is 0.0526. The first kappa shape index (κ1) is 15.0. The predicted octanol–water partition coefficient (Wildman–Crippen LogP) is 4.22. The Bertz CT molecular complexity index is 846. The summed E-state index contributed by atoms with van der Waals surface area (Å²) in [7, 11) is 0. The van der Waals surface area contributed by atoms with Gasteiger partial charge in [-0.2, -0.15) is 16.6 Å². The number of hydrogen-bond donors (Lipinski definition) is 1. The van der Waals surface area contributed by atoms with Gasteiger partial charge < -0.3 is 5.32 Å². The smallest absolute Gasteiger partial charge is 0.251 e. The summed E-state index contributed by atoms with van der Waals surface area (Å²) in [6.07, 6.45) is 0. The molecular weight excluding hydrogens is 304 g/mol. The van der Waals surface area contributed by atoms with E-state index in [-0.39, 0.29) is 5.91 Å². The molecule has 1 aromatic heterocycles. The van der Waals surface area contributed by atoms with Crippen LogP contribution in [0.3, 0.4) is 0 Å². The molecule has 0 aliphatic carbocycles. The number of thiophene rings is 1. The number of hydrogen-bond acceptors (Lipinski definition) is 3. The number of rotatable bonds is 4. The van der Waals surface area contributed by atoms with Gasteiger partial charge in [0.2, 0.25) is 0 Å². The molecule has 3 aromatic rings. The molecule has 0 saturated carbocycles. The number of carbonyl (C=O) groups is 1. The van der Waals surface area contributed by atoms with Gasteiger partial charge in [-0.3, -0.25) is 4.79 Å². The lowest BCUT2D eigenvalue weighted by Gasteiger charge is -2.10.